The average Bonchev–Trinajstić information content (AvgIpc) is 3.06. The largest absolute Gasteiger partial charge is 0.490 e. The molecule has 0 aromatic heterocycles. The van der Waals surface area contributed by atoms with Crippen LogP contribution in [-0.2, 0) is 14.8 Å². The Bertz CT molecular complexity index is 1570. The van der Waals surface area contributed by atoms with Gasteiger partial charge in [0.15, 0.2) is 0 Å². The normalized spacial score (nSPS) is 20.2. The third-order valence-corrected chi connectivity index (χ3v) is 9.58. The van der Waals surface area contributed by atoms with Crippen molar-refractivity contribution in [3.63, 3.8) is 0 Å². The first-order chi connectivity index (χ1) is 22.5. The molecule has 3 N–H and O–H groups in total. The van der Waals surface area contributed by atoms with E-state index in [2.05, 4.69) is 10.0 Å². The molecule has 3 aromatic carbocycles. The summed E-state index contributed by atoms with van der Waals surface area (Å²) in [4.78, 5) is 30.6. The van der Waals surface area contributed by atoms with Crippen LogP contribution in [0, 0.1) is 5.92 Å². The van der Waals surface area contributed by atoms with Crippen LogP contribution in [0.15, 0.2) is 83.8 Å². The molecule has 4 rings (SSSR count). The van der Waals surface area contributed by atoms with Crippen LogP contribution in [0.25, 0.3) is 0 Å². The van der Waals surface area contributed by atoms with Crippen LogP contribution in [0.2, 0.25) is 0 Å². The maximum absolute atomic E-state index is 14.3. The van der Waals surface area contributed by atoms with Crippen molar-refractivity contribution in [1.82, 2.24) is 9.80 Å². The van der Waals surface area contributed by atoms with Crippen LogP contribution in [0.3, 0.4) is 0 Å². The quantitative estimate of drug-likeness (QED) is 0.291. The van der Waals surface area contributed by atoms with Crippen molar-refractivity contribution in [2.75, 3.05) is 43.4 Å². The number of hydrogen-bond donors (Lipinski definition) is 3. The predicted molar refractivity (Wildman–Crippen MR) is 182 cm³/mol. The van der Waals surface area contributed by atoms with Crippen LogP contribution in [0.5, 0.6) is 5.75 Å². The number of likely N-dealkylation sites (N-methyl/N-ethyl adjacent to an activating group) is 1. The second-order valence-corrected chi connectivity index (χ2v) is 13.8. The molecular weight excluding hydrogens is 620 g/mol. The molecule has 0 bridgehead atoms. The summed E-state index contributed by atoms with van der Waals surface area (Å²) in [5.41, 5.74) is 1.06. The van der Waals surface area contributed by atoms with Gasteiger partial charge in [0.25, 0.3) is 15.9 Å². The fourth-order valence-corrected chi connectivity index (χ4v) is 6.43. The van der Waals surface area contributed by atoms with E-state index in [1.165, 1.54) is 18.2 Å². The van der Waals surface area contributed by atoms with Gasteiger partial charge in [0.05, 0.1) is 35.3 Å². The van der Waals surface area contributed by atoms with Crippen molar-refractivity contribution in [1.29, 1.82) is 0 Å². The summed E-state index contributed by atoms with van der Waals surface area (Å²) in [7, 11) is -2.22. The molecule has 0 spiro atoms. The lowest BCUT2D eigenvalue weighted by Crippen LogP contribution is -2.48. The van der Waals surface area contributed by atoms with E-state index < -0.39 is 28.1 Å². The Hall–Kier alpha value is -4.13. The van der Waals surface area contributed by atoms with Gasteiger partial charge in [-0.25, -0.2) is 13.2 Å². The Morgan fingerprint density at radius 2 is 1.70 bits per heavy atom. The molecule has 4 atom stereocenters. The van der Waals surface area contributed by atoms with Gasteiger partial charge in [0, 0.05) is 44.0 Å². The van der Waals surface area contributed by atoms with Crippen molar-refractivity contribution in [2.45, 2.75) is 63.2 Å². The second kappa shape index (κ2) is 16.6. The number of ether oxygens (including phenoxy) is 2. The number of anilines is 2. The first-order valence-corrected chi connectivity index (χ1v) is 17.5. The fraction of sp³-hybridized carbons (Fsp3) is 0.429. The van der Waals surface area contributed by atoms with E-state index in [0.29, 0.717) is 24.5 Å². The monoisotopic (exact) mass is 666 g/mol. The van der Waals surface area contributed by atoms with Crippen molar-refractivity contribution < 1.29 is 32.6 Å². The molecular formula is C35H46N4O7S. The van der Waals surface area contributed by atoms with E-state index in [4.69, 9.17) is 9.47 Å². The highest BCUT2D eigenvalue weighted by Crippen LogP contribution is 2.29. The first-order valence-electron chi connectivity index (χ1n) is 16.0. The van der Waals surface area contributed by atoms with Gasteiger partial charge in [-0.05, 0) is 75.6 Å². The predicted octanol–water partition coefficient (Wildman–Crippen LogP) is 5.45. The number of nitrogens with one attached hydrogen (secondary N) is 2. The van der Waals surface area contributed by atoms with Crippen LogP contribution >= 0.6 is 0 Å². The maximum atomic E-state index is 14.3. The molecule has 1 aliphatic heterocycles. The van der Waals surface area contributed by atoms with Crippen molar-refractivity contribution in [2.24, 2.45) is 5.92 Å². The zero-order valence-corrected chi connectivity index (χ0v) is 28.3. The minimum Gasteiger partial charge on any atom is -0.490 e. The Balaban J connectivity index is 1.63. The van der Waals surface area contributed by atoms with Crippen LogP contribution in [0.1, 0.15) is 50.4 Å². The minimum absolute atomic E-state index is 0.0918. The number of amides is 3. The van der Waals surface area contributed by atoms with Gasteiger partial charge < -0.3 is 29.7 Å². The van der Waals surface area contributed by atoms with E-state index in [0.717, 1.165) is 12.8 Å². The van der Waals surface area contributed by atoms with Crippen LogP contribution in [-0.4, -0.2) is 86.9 Å². The van der Waals surface area contributed by atoms with Crippen LogP contribution < -0.4 is 14.8 Å². The molecule has 0 aliphatic carbocycles. The van der Waals surface area contributed by atoms with Gasteiger partial charge in [-0.3, -0.25) is 9.52 Å². The topological polar surface area (TPSA) is 138 Å². The molecule has 12 heteroatoms. The number of nitrogens with zero attached hydrogens (tertiary/aromatic N) is 2. The molecule has 0 saturated carbocycles. The van der Waals surface area contributed by atoms with E-state index >= 15 is 0 Å². The molecule has 0 fully saturated rings. The highest BCUT2D eigenvalue weighted by atomic mass is 32.2. The average molecular weight is 667 g/mol. The molecule has 3 amide bonds. The summed E-state index contributed by atoms with van der Waals surface area (Å²) < 4.78 is 41.4. The Morgan fingerprint density at radius 1 is 1.02 bits per heavy atom. The molecule has 1 aliphatic rings. The number of aliphatic hydroxyl groups is 1. The summed E-state index contributed by atoms with van der Waals surface area (Å²) in [5, 5.41) is 13.1. The van der Waals surface area contributed by atoms with Crippen molar-refractivity contribution in [3.8, 4) is 5.75 Å². The van der Waals surface area contributed by atoms with Gasteiger partial charge in [-0.15, -0.1) is 0 Å². The molecule has 11 nitrogen and oxygen atoms in total. The zero-order valence-electron chi connectivity index (χ0n) is 27.5. The number of aliphatic hydroxyl groups excluding tert-OH is 1. The Kier molecular flexibility index (Phi) is 12.6. The third kappa shape index (κ3) is 9.93. The molecule has 47 heavy (non-hydrogen) atoms. The zero-order chi connectivity index (χ0) is 34.0. The Labute approximate surface area is 277 Å². The van der Waals surface area contributed by atoms with Gasteiger partial charge in [-0.2, -0.15) is 0 Å². The molecule has 254 valence electrons. The van der Waals surface area contributed by atoms with Gasteiger partial charge in [-0.1, -0.05) is 43.3 Å². The lowest BCUT2D eigenvalue weighted by molar-refractivity contribution is -0.0115. The first kappa shape index (κ1) is 35.7. The summed E-state index contributed by atoms with van der Waals surface area (Å²) in [6.45, 7) is 6.27. The van der Waals surface area contributed by atoms with Gasteiger partial charge >= 0.3 is 6.03 Å². The summed E-state index contributed by atoms with van der Waals surface area (Å²) in [6.07, 6.45) is 1.65. The number of sulfonamides is 1. The molecule has 3 aromatic rings. The molecule has 0 saturated heterocycles. The maximum Gasteiger partial charge on any atom is 0.321 e. The number of hydrogen-bond acceptors (Lipinski definition) is 7. The van der Waals surface area contributed by atoms with Crippen molar-refractivity contribution >= 4 is 33.3 Å². The number of fused-ring (bicyclic) bond motifs is 1. The molecule has 0 unspecified atom stereocenters. The van der Waals surface area contributed by atoms with Gasteiger partial charge in [0.2, 0.25) is 0 Å². The van der Waals surface area contributed by atoms with E-state index in [1.54, 1.807) is 54.1 Å². The van der Waals surface area contributed by atoms with Gasteiger partial charge in [0.1, 0.15) is 5.75 Å². The number of para-hydroxylation sites is 1. The fourth-order valence-electron chi connectivity index (χ4n) is 5.36. The minimum atomic E-state index is -3.92. The number of carbonyl (C=O) groups excluding carboxylic acids is 2. The SMILES string of the molecule is C[C@@H]1CCCCO[C@@H](CN(C)C(=O)Nc2ccccc2)[C@@H](C)CN([C@H](C)CO)C(=O)c2cc(NS(=O)(=O)c3ccccc3)ccc2O1. The molecule has 1 heterocycles. The second-order valence-electron chi connectivity index (χ2n) is 12.1. The summed E-state index contributed by atoms with van der Waals surface area (Å²) in [5.74, 6) is -0.339. The summed E-state index contributed by atoms with van der Waals surface area (Å²) >= 11 is 0. The third-order valence-electron chi connectivity index (χ3n) is 8.18. The lowest BCUT2D eigenvalue weighted by atomic mass is 10.0. The lowest BCUT2D eigenvalue weighted by Gasteiger charge is -2.35. The van der Waals surface area contributed by atoms with E-state index in [-0.39, 0.29) is 53.9 Å². The number of carbonyl (C=O) groups is 2. The Morgan fingerprint density at radius 3 is 2.38 bits per heavy atom. The standard InChI is InChI=1S/C35H46N4O7S/c1-25-22-39(26(2)24-40)34(41)31-21-29(37-47(43,44)30-16-9-6-10-17-30)18-19-32(31)46-27(3)13-11-12-20-45-33(25)23-38(4)35(42)36-28-14-7-5-8-15-28/h5-10,14-19,21,25-27,33,37,40H,11-13,20,22-24H2,1-4H3,(H,36,42)/t25-,26+,27+,33-/m0/s1. The van der Waals surface area contributed by atoms with Crippen molar-refractivity contribution in [3.05, 3.63) is 84.4 Å². The number of urea groups is 1. The number of rotatable bonds is 8. The molecule has 0 radical (unpaired) electrons. The smallest absolute Gasteiger partial charge is 0.321 e. The van der Waals surface area contributed by atoms with E-state index in [9.17, 15) is 23.1 Å². The highest BCUT2D eigenvalue weighted by molar-refractivity contribution is 7.92. The number of benzene rings is 3. The van der Waals surface area contributed by atoms with Crippen LogP contribution in [0.4, 0.5) is 16.2 Å². The highest BCUT2D eigenvalue weighted by Gasteiger charge is 2.31. The van der Waals surface area contributed by atoms with E-state index in [1.807, 2.05) is 44.2 Å². The summed E-state index contributed by atoms with van der Waals surface area (Å²) in [6, 6.07) is 21.0.